The zero-order valence-corrected chi connectivity index (χ0v) is 18.6. The van der Waals surface area contributed by atoms with Crippen molar-refractivity contribution in [1.29, 1.82) is 0 Å². The molecule has 0 spiro atoms. The Morgan fingerprint density at radius 2 is 1.97 bits per heavy atom. The van der Waals surface area contributed by atoms with Crippen molar-refractivity contribution < 1.29 is 9.53 Å². The van der Waals surface area contributed by atoms with E-state index in [0.29, 0.717) is 11.8 Å². The third-order valence-corrected chi connectivity index (χ3v) is 5.91. The number of benzene rings is 2. The second-order valence-corrected chi connectivity index (χ2v) is 8.33. The number of thioether (sulfide) groups is 1. The van der Waals surface area contributed by atoms with E-state index in [1.165, 1.54) is 11.8 Å². The minimum absolute atomic E-state index is 0.0471. The van der Waals surface area contributed by atoms with Gasteiger partial charge in [0.25, 0.3) is 0 Å². The first-order chi connectivity index (χ1) is 15.1. The summed E-state index contributed by atoms with van der Waals surface area (Å²) < 4.78 is 7.12. The van der Waals surface area contributed by atoms with Crippen molar-refractivity contribution in [2.45, 2.75) is 25.0 Å². The summed E-state index contributed by atoms with van der Waals surface area (Å²) in [5, 5.41) is 13.6. The number of hydrogen-bond donors (Lipinski definition) is 2. The van der Waals surface area contributed by atoms with E-state index < -0.39 is 0 Å². The number of aromatic nitrogens is 4. The highest BCUT2D eigenvalue weighted by molar-refractivity contribution is 7.99. The fourth-order valence-electron chi connectivity index (χ4n) is 3.56. The van der Waals surface area contributed by atoms with Crippen LogP contribution in [0.3, 0.4) is 0 Å². The fraction of sp³-hybridized carbons (Fsp3) is 0.261. The molecule has 2 aromatic heterocycles. The second kappa shape index (κ2) is 9.36. The Labute approximate surface area is 185 Å². The van der Waals surface area contributed by atoms with Crippen LogP contribution in [0.1, 0.15) is 12.5 Å². The van der Waals surface area contributed by atoms with Gasteiger partial charge in [-0.2, -0.15) is 0 Å². The zero-order valence-electron chi connectivity index (χ0n) is 17.8. The Balaban J connectivity index is 1.70. The molecular weight excluding hydrogens is 410 g/mol. The van der Waals surface area contributed by atoms with Crippen molar-refractivity contribution in [3.05, 3.63) is 60.3 Å². The number of amides is 1. The number of fused-ring (bicyclic) bond motifs is 1. The van der Waals surface area contributed by atoms with Crippen molar-refractivity contribution in [2.75, 3.05) is 19.5 Å². The van der Waals surface area contributed by atoms with Crippen LogP contribution in [-0.4, -0.2) is 51.2 Å². The normalized spacial score (nSPS) is 12.2. The summed E-state index contributed by atoms with van der Waals surface area (Å²) >= 11 is 1.37. The van der Waals surface area contributed by atoms with Gasteiger partial charge in [-0.25, -0.2) is 0 Å². The summed E-state index contributed by atoms with van der Waals surface area (Å²) in [7, 11) is 1.62. The molecule has 8 heteroatoms. The molecule has 2 heterocycles. The number of nitrogens with zero attached hydrogens (tertiary/aromatic N) is 3. The smallest absolute Gasteiger partial charge is 0.230 e. The van der Waals surface area contributed by atoms with Crippen molar-refractivity contribution >= 4 is 28.6 Å². The lowest BCUT2D eigenvalue weighted by molar-refractivity contribution is -0.119. The summed E-state index contributed by atoms with van der Waals surface area (Å²) in [5.41, 5.74) is 4.10. The van der Waals surface area contributed by atoms with Gasteiger partial charge in [-0.3, -0.25) is 9.36 Å². The maximum absolute atomic E-state index is 12.4. The number of ether oxygens (including phenoxy) is 1. The molecule has 2 aromatic carbocycles. The van der Waals surface area contributed by atoms with E-state index in [1.54, 1.807) is 7.11 Å². The van der Waals surface area contributed by atoms with E-state index in [-0.39, 0.29) is 17.7 Å². The first-order valence-corrected chi connectivity index (χ1v) is 11.1. The Morgan fingerprint density at radius 1 is 1.19 bits per heavy atom. The summed E-state index contributed by atoms with van der Waals surface area (Å²) in [6.07, 6.45) is 1.96. The molecule has 160 valence electrons. The molecule has 2 N–H and O–H groups in total. The molecular formula is C23H25N5O2S. The lowest BCUT2D eigenvalue weighted by atomic mass is 10.1. The van der Waals surface area contributed by atoms with Crippen LogP contribution in [0.5, 0.6) is 0 Å². The monoisotopic (exact) mass is 435 g/mol. The van der Waals surface area contributed by atoms with Crippen LogP contribution in [-0.2, 0) is 9.53 Å². The molecule has 0 aliphatic heterocycles. The fourth-order valence-corrected chi connectivity index (χ4v) is 4.32. The van der Waals surface area contributed by atoms with Crippen LogP contribution in [0.15, 0.2) is 59.9 Å². The molecule has 0 aliphatic carbocycles. The predicted molar refractivity (Wildman–Crippen MR) is 124 cm³/mol. The highest BCUT2D eigenvalue weighted by atomic mass is 32.2. The van der Waals surface area contributed by atoms with Crippen LogP contribution in [0.25, 0.3) is 28.0 Å². The van der Waals surface area contributed by atoms with E-state index >= 15 is 0 Å². The second-order valence-electron chi connectivity index (χ2n) is 7.39. The van der Waals surface area contributed by atoms with Crippen LogP contribution >= 0.6 is 11.8 Å². The lowest BCUT2D eigenvalue weighted by Crippen LogP contribution is -2.36. The number of nitrogens with one attached hydrogen (secondary N) is 2. The summed E-state index contributed by atoms with van der Waals surface area (Å²) in [6, 6.07) is 16.2. The molecule has 0 saturated carbocycles. The Morgan fingerprint density at radius 3 is 2.77 bits per heavy atom. The first kappa shape index (κ1) is 21.1. The van der Waals surface area contributed by atoms with Crippen molar-refractivity contribution in [1.82, 2.24) is 25.1 Å². The number of aryl methyl sites for hydroxylation is 1. The van der Waals surface area contributed by atoms with E-state index in [9.17, 15) is 4.79 Å². The van der Waals surface area contributed by atoms with Crippen LogP contribution in [0.2, 0.25) is 0 Å². The Bertz CT molecular complexity index is 1200. The van der Waals surface area contributed by atoms with Crippen LogP contribution < -0.4 is 5.32 Å². The van der Waals surface area contributed by atoms with Gasteiger partial charge in [-0.1, -0.05) is 48.2 Å². The maximum Gasteiger partial charge on any atom is 0.230 e. The molecule has 0 fully saturated rings. The number of rotatable bonds is 8. The van der Waals surface area contributed by atoms with Gasteiger partial charge in [-0.05, 0) is 31.5 Å². The first-order valence-electron chi connectivity index (χ1n) is 10.1. The number of aromatic amines is 1. The maximum atomic E-state index is 12.4. The van der Waals surface area contributed by atoms with E-state index in [2.05, 4.69) is 39.6 Å². The number of carbonyl (C=O) groups is 1. The average molecular weight is 436 g/mol. The molecule has 1 amide bonds. The zero-order chi connectivity index (χ0) is 21.8. The highest BCUT2D eigenvalue weighted by Crippen LogP contribution is 2.33. The van der Waals surface area contributed by atoms with Gasteiger partial charge >= 0.3 is 0 Å². The van der Waals surface area contributed by atoms with Gasteiger partial charge in [0.15, 0.2) is 11.0 Å². The predicted octanol–water partition coefficient (Wildman–Crippen LogP) is 3.97. The Hall–Kier alpha value is -3.10. The van der Waals surface area contributed by atoms with Crippen LogP contribution in [0, 0.1) is 6.92 Å². The highest BCUT2D eigenvalue weighted by Gasteiger charge is 2.20. The summed E-state index contributed by atoms with van der Waals surface area (Å²) in [6.45, 7) is 4.44. The van der Waals surface area contributed by atoms with Crippen molar-refractivity contribution in [3.63, 3.8) is 0 Å². The van der Waals surface area contributed by atoms with Gasteiger partial charge in [0.1, 0.15) is 0 Å². The number of methoxy groups -OCH3 is 1. The van der Waals surface area contributed by atoms with E-state index in [1.807, 2.05) is 54.1 Å². The largest absolute Gasteiger partial charge is 0.383 e. The minimum Gasteiger partial charge on any atom is -0.383 e. The summed E-state index contributed by atoms with van der Waals surface area (Å²) in [5.74, 6) is 0.913. The van der Waals surface area contributed by atoms with Gasteiger partial charge < -0.3 is 15.0 Å². The number of para-hydroxylation sites is 2. The molecule has 4 rings (SSSR count). The third-order valence-electron chi connectivity index (χ3n) is 4.98. The van der Waals surface area contributed by atoms with Crippen LogP contribution in [0.4, 0.5) is 0 Å². The van der Waals surface area contributed by atoms with Gasteiger partial charge in [-0.15, -0.1) is 10.2 Å². The standard InChI is InChI=1S/C23H25N5O2S/c1-15-8-4-7-11-20(15)28-22(18-12-24-19-10-6-5-9-17(18)19)26-27-23(28)31-14-21(29)25-16(2)13-30-3/h4-12,16,24H,13-14H2,1-3H3,(H,25,29). The number of carbonyl (C=O) groups excluding carboxylic acids is 1. The number of hydrogen-bond acceptors (Lipinski definition) is 5. The molecule has 7 nitrogen and oxygen atoms in total. The SMILES string of the molecule is COCC(C)NC(=O)CSc1nnc(-c2c[nH]c3ccccc23)n1-c1ccccc1C. The molecule has 1 unspecified atom stereocenters. The lowest BCUT2D eigenvalue weighted by Gasteiger charge is -2.14. The van der Waals surface area contributed by atoms with Gasteiger partial charge in [0.05, 0.1) is 18.0 Å². The molecule has 1 atom stereocenters. The van der Waals surface area contributed by atoms with Crippen molar-refractivity contribution in [3.8, 4) is 17.1 Å². The van der Waals surface area contributed by atoms with E-state index in [0.717, 1.165) is 33.5 Å². The molecule has 31 heavy (non-hydrogen) atoms. The molecule has 0 saturated heterocycles. The molecule has 0 aliphatic rings. The quantitative estimate of drug-likeness (QED) is 0.409. The number of H-pyrrole nitrogens is 1. The average Bonchev–Trinajstić information content (AvgIpc) is 3.36. The van der Waals surface area contributed by atoms with E-state index in [4.69, 9.17) is 4.74 Å². The minimum atomic E-state index is -0.0671. The van der Waals surface area contributed by atoms with Gasteiger partial charge in [0.2, 0.25) is 5.91 Å². The molecule has 4 aromatic rings. The third kappa shape index (κ3) is 4.50. The molecule has 0 bridgehead atoms. The Kier molecular flexibility index (Phi) is 6.39. The molecule has 0 radical (unpaired) electrons. The topological polar surface area (TPSA) is 84.8 Å². The van der Waals surface area contributed by atoms with Crippen molar-refractivity contribution in [2.24, 2.45) is 0 Å². The van der Waals surface area contributed by atoms with Gasteiger partial charge in [0, 0.05) is 35.8 Å². The summed E-state index contributed by atoms with van der Waals surface area (Å²) in [4.78, 5) is 15.7.